The number of aliphatic hydroxyl groups excluding tert-OH is 1. The molecule has 0 aliphatic carbocycles. The van der Waals surface area contributed by atoms with Crippen LogP contribution in [-0.2, 0) is 6.54 Å². The summed E-state index contributed by atoms with van der Waals surface area (Å²) in [5.74, 6) is 1.51. The van der Waals surface area contributed by atoms with E-state index in [2.05, 4.69) is 22.0 Å². The van der Waals surface area contributed by atoms with Gasteiger partial charge in [-0.2, -0.15) is 4.98 Å². The van der Waals surface area contributed by atoms with Gasteiger partial charge < -0.3 is 14.5 Å². The minimum Gasteiger partial charge on any atom is -0.394 e. The third-order valence-electron chi connectivity index (χ3n) is 3.50. The highest BCUT2D eigenvalue weighted by Crippen LogP contribution is 2.21. The Morgan fingerprint density at radius 3 is 2.48 bits per heavy atom. The molecule has 0 spiro atoms. The van der Waals surface area contributed by atoms with Crippen LogP contribution in [0.1, 0.15) is 44.8 Å². The van der Waals surface area contributed by atoms with Gasteiger partial charge in [0, 0.05) is 11.6 Å². The van der Waals surface area contributed by atoms with Crippen molar-refractivity contribution in [1.29, 1.82) is 0 Å². The van der Waals surface area contributed by atoms with E-state index in [1.54, 1.807) is 0 Å². The van der Waals surface area contributed by atoms with Crippen molar-refractivity contribution < 1.29 is 9.63 Å². The maximum Gasteiger partial charge on any atom is 0.229 e. The van der Waals surface area contributed by atoms with Gasteiger partial charge in [-0.15, -0.1) is 0 Å². The van der Waals surface area contributed by atoms with E-state index in [4.69, 9.17) is 4.52 Å². The summed E-state index contributed by atoms with van der Waals surface area (Å²) >= 11 is 0. The van der Waals surface area contributed by atoms with Gasteiger partial charge in [-0.25, -0.2) is 0 Å². The quantitative estimate of drug-likeness (QED) is 0.849. The van der Waals surface area contributed by atoms with Crippen LogP contribution >= 0.6 is 0 Å². The minimum absolute atomic E-state index is 0.0356. The van der Waals surface area contributed by atoms with Crippen LogP contribution in [0.2, 0.25) is 0 Å². The predicted molar refractivity (Wildman–Crippen MR) is 82.2 cm³/mol. The molecule has 1 aromatic heterocycles. The summed E-state index contributed by atoms with van der Waals surface area (Å²) in [7, 11) is 0. The average Bonchev–Trinajstić information content (AvgIpc) is 2.97. The lowest BCUT2D eigenvalue weighted by Gasteiger charge is -2.30. The highest BCUT2D eigenvalue weighted by molar-refractivity contribution is 5.47. The Labute approximate surface area is 125 Å². The van der Waals surface area contributed by atoms with Crippen molar-refractivity contribution in [3.63, 3.8) is 0 Å². The summed E-state index contributed by atoms with van der Waals surface area (Å²) in [4.78, 5) is 6.54. The van der Waals surface area contributed by atoms with Crippen LogP contribution in [0.25, 0.3) is 0 Å². The summed E-state index contributed by atoms with van der Waals surface area (Å²) in [6.45, 7) is 6.73. The van der Waals surface area contributed by atoms with E-state index in [0.29, 0.717) is 18.3 Å². The second kappa shape index (κ2) is 7.22. The maximum absolute atomic E-state index is 9.62. The number of hydrogen-bond donors (Lipinski definition) is 1. The zero-order valence-electron chi connectivity index (χ0n) is 12.9. The molecule has 0 radical (unpaired) electrons. The van der Waals surface area contributed by atoms with E-state index in [0.717, 1.165) is 12.1 Å². The Morgan fingerprint density at radius 1 is 1.24 bits per heavy atom. The van der Waals surface area contributed by atoms with Crippen molar-refractivity contribution in [1.82, 2.24) is 10.1 Å². The number of rotatable bonds is 7. The first-order chi connectivity index (χ1) is 10.2. The molecule has 1 aromatic carbocycles. The van der Waals surface area contributed by atoms with Gasteiger partial charge in [0.1, 0.15) is 0 Å². The maximum atomic E-state index is 9.62. The molecule has 1 atom stereocenters. The molecule has 0 aliphatic heterocycles. The van der Waals surface area contributed by atoms with Crippen LogP contribution in [0.15, 0.2) is 34.9 Å². The summed E-state index contributed by atoms with van der Waals surface area (Å²) in [6, 6.07) is 10.1. The Morgan fingerprint density at radius 2 is 1.95 bits per heavy atom. The monoisotopic (exact) mass is 289 g/mol. The largest absolute Gasteiger partial charge is 0.394 e. The predicted octanol–water partition coefficient (Wildman–Crippen LogP) is 2.97. The van der Waals surface area contributed by atoms with Crippen LogP contribution in [0.4, 0.5) is 5.69 Å². The van der Waals surface area contributed by atoms with Crippen molar-refractivity contribution in [3.8, 4) is 0 Å². The van der Waals surface area contributed by atoms with Gasteiger partial charge in [0.25, 0.3) is 0 Å². The van der Waals surface area contributed by atoms with E-state index >= 15 is 0 Å². The number of hydrogen-bond acceptors (Lipinski definition) is 5. The Hall–Kier alpha value is -1.88. The zero-order chi connectivity index (χ0) is 15.2. The number of para-hydroxylation sites is 1. The molecule has 114 valence electrons. The SMILES string of the molecule is CCC(CO)N(Cc1noc(C(C)C)n1)c1ccccc1. The average molecular weight is 289 g/mol. The molecule has 0 aliphatic rings. The molecule has 1 heterocycles. The van der Waals surface area contributed by atoms with Gasteiger partial charge in [0.15, 0.2) is 5.82 Å². The van der Waals surface area contributed by atoms with Gasteiger partial charge in [-0.3, -0.25) is 0 Å². The van der Waals surface area contributed by atoms with E-state index in [9.17, 15) is 5.11 Å². The zero-order valence-corrected chi connectivity index (χ0v) is 12.9. The molecule has 0 bridgehead atoms. The third-order valence-corrected chi connectivity index (χ3v) is 3.50. The molecule has 5 heteroatoms. The fraction of sp³-hybridized carbons (Fsp3) is 0.500. The number of nitrogens with zero attached hydrogens (tertiary/aromatic N) is 3. The molecule has 0 fully saturated rings. The van der Waals surface area contributed by atoms with E-state index in [-0.39, 0.29) is 18.6 Å². The van der Waals surface area contributed by atoms with Crippen molar-refractivity contribution >= 4 is 5.69 Å². The molecule has 0 amide bonds. The normalized spacial score (nSPS) is 12.6. The van der Waals surface area contributed by atoms with Crippen LogP contribution in [-0.4, -0.2) is 27.9 Å². The molecule has 0 saturated heterocycles. The molecular formula is C16H23N3O2. The highest BCUT2D eigenvalue weighted by Gasteiger charge is 2.20. The van der Waals surface area contributed by atoms with Crippen molar-refractivity contribution in [2.75, 3.05) is 11.5 Å². The molecular weight excluding hydrogens is 266 g/mol. The fourth-order valence-electron chi connectivity index (χ4n) is 2.22. The van der Waals surface area contributed by atoms with Gasteiger partial charge in [0.05, 0.1) is 19.2 Å². The number of aromatic nitrogens is 2. The summed E-state index contributed by atoms with van der Waals surface area (Å²) in [6.07, 6.45) is 0.848. The Kier molecular flexibility index (Phi) is 5.33. The van der Waals surface area contributed by atoms with Crippen molar-refractivity contribution in [2.24, 2.45) is 0 Å². The smallest absolute Gasteiger partial charge is 0.229 e. The minimum atomic E-state index is 0.0356. The van der Waals surface area contributed by atoms with Crippen LogP contribution in [0.5, 0.6) is 0 Å². The molecule has 21 heavy (non-hydrogen) atoms. The highest BCUT2D eigenvalue weighted by atomic mass is 16.5. The van der Waals surface area contributed by atoms with Gasteiger partial charge in [-0.05, 0) is 18.6 Å². The summed E-state index contributed by atoms with van der Waals surface area (Å²) < 4.78 is 5.26. The van der Waals surface area contributed by atoms with Crippen LogP contribution in [0, 0.1) is 0 Å². The molecule has 5 nitrogen and oxygen atoms in total. The second-order valence-corrected chi connectivity index (χ2v) is 5.41. The topological polar surface area (TPSA) is 62.4 Å². The van der Waals surface area contributed by atoms with E-state index in [1.807, 2.05) is 44.2 Å². The van der Waals surface area contributed by atoms with Gasteiger partial charge in [-0.1, -0.05) is 44.1 Å². The van der Waals surface area contributed by atoms with Gasteiger partial charge in [0.2, 0.25) is 5.89 Å². The summed E-state index contributed by atoms with van der Waals surface area (Å²) in [5.41, 5.74) is 1.05. The van der Waals surface area contributed by atoms with Crippen LogP contribution < -0.4 is 4.90 Å². The van der Waals surface area contributed by atoms with Crippen molar-refractivity contribution in [2.45, 2.75) is 45.7 Å². The lowest BCUT2D eigenvalue weighted by atomic mass is 10.1. The lowest BCUT2D eigenvalue weighted by Crippen LogP contribution is -2.37. The Bertz CT molecular complexity index is 535. The van der Waals surface area contributed by atoms with Crippen molar-refractivity contribution in [3.05, 3.63) is 42.0 Å². The fourth-order valence-corrected chi connectivity index (χ4v) is 2.22. The molecule has 1 unspecified atom stereocenters. The first kappa shape index (κ1) is 15.5. The molecule has 2 rings (SSSR count). The third kappa shape index (κ3) is 3.82. The van der Waals surface area contributed by atoms with Gasteiger partial charge >= 0.3 is 0 Å². The standard InChI is InChI=1S/C16H23N3O2/c1-4-13(11-20)19(14-8-6-5-7-9-14)10-15-17-16(12(2)3)21-18-15/h5-9,12-13,20H,4,10-11H2,1-3H3. The first-order valence-corrected chi connectivity index (χ1v) is 7.40. The van der Waals surface area contributed by atoms with E-state index < -0.39 is 0 Å². The first-order valence-electron chi connectivity index (χ1n) is 7.40. The number of benzene rings is 1. The molecule has 1 N–H and O–H groups in total. The molecule has 0 saturated carbocycles. The Balaban J connectivity index is 2.23. The summed E-state index contributed by atoms with van der Waals surface area (Å²) in [5, 5.41) is 13.7. The number of anilines is 1. The second-order valence-electron chi connectivity index (χ2n) is 5.41. The number of aliphatic hydroxyl groups is 1. The van der Waals surface area contributed by atoms with Crippen LogP contribution in [0.3, 0.4) is 0 Å². The lowest BCUT2D eigenvalue weighted by molar-refractivity contribution is 0.254. The van der Waals surface area contributed by atoms with E-state index in [1.165, 1.54) is 0 Å². The molecule has 2 aromatic rings.